The first-order chi connectivity index (χ1) is 13.5. The summed E-state index contributed by atoms with van der Waals surface area (Å²) >= 11 is 0. The van der Waals surface area contributed by atoms with E-state index in [1.54, 1.807) is 14.2 Å². The van der Waals surface area contributed by atoms with E-state index in [-0.39, 0.29) is 23.4 Å². The van der Waals surface area contributed by atoms with Gasteiger partial charge in [0.05, 0.1) is 19.8 Å². The predicted molar refractivity (Wildman–Crippen MR) is 114 cm³/mol. The molecule has 0 bridgehead atoms. The highest BCUT2D eigenvalue weighted by molar-refractivity contribution is 6.74. The first kappa shape index (κ1) is 22.7. The summed E-state index contributed by atoms with van der Waals surface area (Å²) < 4.78 is 36.4. The fraction of sp³-hybridized carbons (Fsp3) is 0.727. The lowest BCUT2D eigenvalue weighted by Gasteiger charge is -2.51. The van der Waals surface area contributed by atoms with Crippen molar-refractivity contribution in [3.8, 4) is 5.75 Å². The van der Waals surface area contributed by atoms with E-state index in [0.717, 1.165) is 11.3 Å². The molecule has 3 rings (SSSR count). The van der Waals surface area contributed by atoms with Gasteiger partial charge in [-0.3, -0.25) is 0 Å². The Bertz CT molecular complexity index is 686. The standard InChI is InChI=1S/C22H36O6Si/c1-21(2,3)29(7,8)28-17-13-22(4,24-6)27-18-14-25-20(26-19(17)18)15-9-11-16(23-5)12-10-15/h9-12,17-20H,13-14H2,1-8H3/t17-,18-,19+,20-,22-/m1/s1. The zero-order chi connectivity index (χ0) is 21.4. The van der Waals surface area contributed by atoms with Crippen molar-refractivity contribution in [3.63, 3.8) is 0 Å². The molecule has 0 unspecified atom stereocenters. The van der Waals surface area contributed by atoms with E-state index in [0.29, 0.717) is 13.0 Å². The summed E-state index contributed by atoms with van der Waals surface area (Å²) in [6, 6.07) is 7.77. The van der Waals surface area contributed by atoms with Gasteiger partial charge in [0, 0.05) is 19.1 Å². The van der Waals surface area contributed by atoms with Crippen LogP contribution in [0.3, 0.4) is 0 Å². The van der Waals surface area contributed by atoms with Crippen molar-refractivity contribution in [1.29, 1.82) is 0 Å². The highest BCUT2D eigenvalue weighted by atomic mass is 28.4. The lowest BCUT2D eigenvalue weighted by atomic mass is 9.95. The predicted octanol–water partition coefficient (Wildman–Crippen LogP) is 4.65. The SMILES string of the molecule is COc1ccc([C@@H]2OC[C@H]3O[C@@](C)(OC)C[C@@H](O[Si](C)(C)C(C)(C)C)[C@@H]3O2)cc1. The molecule has 0 amide bonds. The van der Waals surface area contributed by atoms with Gasteiger partial charge >= 0.3 is 0 Å². The Kier molecular flexibility index (Phi) is 6.49. The van der Waals surface area contributed by atoms with Gasteiger partial charge < -0.3 is 28.1 Å². The lowest BCUT2D eigenvalue weighted by Crippen LogP contribution is -2.62. The van der Waals surface area contributed by atoms with Crippen LogP contribution in [-0.2, 0) is 23.4 Å². The monoisotopic (exact) mass is 424 g/mol. The molecule has 6 nitrogen and oxygen atoms in total. The van der Waals surface area contributed by atoms with Gasteiger partial charge in [-0.2, -0.15) is 0 Å². The average molecular weight is 425 g/mol. The third-order valence-corrected chi connectivity index (χ3v) is 11.0. The maximum atomic E-state index is 6.81. The van der Waals surface area contributed by atoms with E-state index in [1.807, 2.05) is 31.2 Å². The molecule has 0 aliphatic carbocycles. The van der Waals surface area contributed by atoms with Crippen molar-refractivity contribution in [3.05, 3.63) is 29.8 Å². The highest BCUT2D eigenvalue weighted by Gasteiger charge is 2.52. The molecule has 1 aromatic carbocycles. The van der Waals surface area contributed by atoms with Crippen LogP contribution in [0.5, 0.6) is 5.75 Å². The number of fused-ring (bicyclic) bond motifs is 1. The number of rotatable bonds is 5. The van der Waals surface area contributed by atoms with Crippen LogP contribution in [0, 0.1) is 0 Å². The van der Waals surface area contributed by atoms with Gasteiger partial charge in [-0.15, -0.1) is 0 Å². The maximum Gasteiger partial charge on any atom is 0.192 e. The Balaban J connectivity index is 1.82. The fourth-order valence-corrected chi connectivity index (χ4v) is 4.88. The molecule has 7 heteroatoms. The van der Waals surface area contributed by atoms with Crippen LogP contribution in [0.15, 0.2) is 24.3 Å². The molecule has 0 radical (unpaired) electrons. The van der Waals surface area contributed by atoms with E-state index in [1.165, 1.54) is 0 Å². The van der Waals surface area contributed by atoms with E-state index >= 15 is 0 Å². The summed E-state index contributed by atoms with van der Waals surface area (Å²) in [5.74, 6) is 0.0897. The van der Waals surface area contributed by atoms with Gasteiger partial charge in [0.1, 0.15) is 18.0 Å². The van der Waals surface area contributed by atoms with E-state index in [2.05, 4.69) is 33.9 Å². The second-order valence-corrected chi connectivity index (χ2v) is 14.4. The molecule has 164 valence electrons. The average Bonchev–Trinajstić information content (AvgIpc) is 2.66. The summed E-state index contributed by atoms with van der Waals surface area (Å²) in [6.45, 7) is 13.7. The Morgan fingerprint density at radius 3 is 2.31 bits per heavy atom. The second-order valence-electron chi connectivity index (χ2n) is 9.65. The molecule has 29 heavy (non-hydrogen) atoms. The highest BCUT2D eigenvalue weighted by Crippen LogP contribution is 2.43. The summed E-state index contributed by atoms with van der Waals surface area (Å²) in [5, 5.41) is 0.102. The molecule has 2 aliphatic rings. The minimum absolute atomic E-state index is 0.102. The summed E-state index contributed by atoms with van der Waals surface area (Å²) in [4.78, 5) is 0. The first-order valence-corrected chi connectivity index (χ1v) is 13.2. The maximum absolute atomic E-state index is 6.81. The minimum Gasteiger partial charge on any atom is -0.497 e. The molecular formula is C22H36O6Si. The zero-order valence-electron chi connectivity index (χ0n) is 19.0. The first-order valence-electron chi connectivity index (χ1n) is 10.3. The summed E-state index contributed by atoms with van der Waals surface area (Å²) in [5.41, 5.74) is 0.954. The van der Waals surface area contributed by atoms with Crippen LogP contribution in [0.2, 0.25) is 18.1 Å². The smallest absolute Gasteiger partial charge is 0.192 e. The molecule has 0 saturated carbocycles. The molecule has 0 spiro atoms. The molecular weight excluding hydrogens is 388 g/mol. The van der Waals surface area contributed by atoms with Crippen molar-refractivity contribution in [2.75, 3.05) is 20.8 Å². The van der Waals surface area contributed by atoms with Crippen LogP contribution < -0.4 is 4.74 Å². The van der Waals surface area contributed by atoms with Gasteiger partial charge in [0.15, 0.2) is 20.4 Å². The van der Waals surface area contributed by atoms with Crippen molar-refractivity contribution in [2.45, 2.75) is 82.6 Å². The van der Waals surface area contributed by atoms with Crippen molar-refractivity contribution in [1.82, 2.24) is 0 Å². The van der Waals surface area contributed by atoms with Crippen LogP contribution in [0.4, 0.5) is 0 Å². The topological polar surface area (TPSA) is 55.4 Å². The number of ether oxygens (including phenoxy) is 5. The molecule has 2 heterocycles. The van der Waals surface area contributed by atoms with Crippen molar-refractivity contribution in [2.24, 2.45) is 0 Å². The molecule has 0 N–H and O–H groups in total. The Morgan fingerprint density at radius 1 is 1.10 bits per heavy atom. The van der Waals surface area contributed by atoms with Crippen molar-refractivity contribution < 1.29 is 28.1 Å². The van der Waals surface area contributed by atoms with Crippen molar-refractivity contribution >= 4 is 8.32 Å². The van der Waals surface area contributed by atoms with Crippen LogP contribution in [-0.4, -0.2) is 53.2 Å². The second kappa shape index (κ2) is 8.28. The molecule has 1 aromatic rings. The molecule has 2 saturated heterocycles. The molecule has 2 fully saturated rings. The molecule has 0 aromatic heterocycles. The summed E-state index contributed by atoms with van der Waals surface area (Å²) in [7, 11) is 1.32. The zero-order valence-corrected chi connectivity index (χ0v) is 20.0. The van der Waals surface area contributed by atoms with E-state index in [9.17, 15) is 0 Å². The quantitative estimate of drug-likeness (QED) is 0.641. The van der Waals surface area contributed by atoms with Gasteiger partial charge in [-0.05, 0) is 37.2 Å². The Morgan fingerprint density at radius 2 is 1.76 bits per heavy atom. The third kappa shape index (κ3) is 4.86. The largest absolute Gasteiger partial charge is 0.497 e. The van der Waals surface area contributed by atoms with E-state index in [4.69, 9.17) is 28.1 Å². The lowest BCUT2D eigenvalue weighted by molar-refractivity contribution is -0.362. The Labute approximate surface area is 175 Å². The van der Waals surface area contributed by atoms with Crippen LogP contribution in [0.25, 0.3) is 0 Å². The van der Waals surface area contributed by atoms with Gasteiger partial charge in [0.25, 0.3) is 0 Å². The van der Waals surface area contributed by atoms with Gasteiger partial charge in [0.2, 0.25) is 0 Å². The molecule has 2 aliphatic heterocycles. The summed E-state index contributed by atoms with van der Waals surface area (Å²) in [6.07, 6.45) is -0.412. The van der Waals surface area contributed by atoms with Crippen LogP contribution >= 0.6 is 0 Å². The normalized spacial score (nSPS) is 33.2. The number of hydrogen-bond acceptors (Lipinski definition) is 6. The van der Waals surface area contributed by atoms with E-state index < -0.39 is 20.4 Å². The minimum atomic E-state index is -2.01. The fourth-order valence-electron chi connectivity index (χ4n) is 3.56. The number of benzene rings is 1. The van der Waals surface area contributed by atoms with Gasteiger partial charge in [-0.1, -0.05) is 32.9 Å². The van der Waals surface area contributed by atoms with Crippen LogP contribution in [0.1, 0.15) is 46.0 Å². The third-order valence-electron chi connectivity index (χ3n) is 6.47. The van der Waals surface area contributed by atoms with Gasteiger partial charge in [-0.25, -0.2) is 0 Å². The molecule has 5 atom stereocenters. The Hall–Kier alpha value is -0.963. The number of hydrogen-bond donors (Lipinski definition) is 0. The number of methoxy groups -OCH3 is 2.